The van der Waals surface area contributed by atoms with Crippen LogP contribution in [0.15, 0.2) is 22.5 Å². The van der Waals surface area contributed by atoms with Crippen molar-refractivity contribution in [2.75, 3.05) is 11.1 Å². The van der Waals surface area contributed by atoms with Crippen LogP contribution >= 0.6 is 34.4 Å². The average Bonchev–Trinajstić information content (AvgIpc) is 3.49. The number of nitriles is 3. The molecule has 152 valence electrons. The van der Waals surface area contributed by atoms with Crippen LogP contribution in [0.4, 0.5) is 5.00 Å². The van der Waals surface area contributed by atoms with Gasteiger partial charge in [-0.05, 0) is 43.2 Å². The zero-order valence-corrected chi connectivity index (χ0v) is 18.9. The molecule has 0 radical (unpaired) electrons. The number of amides is 1. The van der Waals surface area contributed by atoms with Crippen molar-refractivity contribution >= 4 is 45.3 Å². The summed E-state index contributed by atoms with van der Waals surface area (Å²) in [5.41, 5.74) is 3.40. The Hall–Kier alpha value is -3.16. The number of carbonyl (C=O) groups excluding carboxylic acids is 1. The summed E-state index contributed by atoms with van der Waals surface area (Å²) in [6.45, 7) is 1.73. The Bertz CT molecular complexity index is 1300. The van der Waals surface area contributed by atoms with Gasteiger partial charge >= 0.3 is 0 Å². The molecule has 0 atom stereocenters. The van der Waals surface area contributed by atoms with Crippen LogP contribution in [0.3, 0.4) is 0 Å². The molecule has 0 saturated carbocycles. The van der Waals surface area contributed by atoms with E-state index in [0.717, 1.165) is 41.5 Å². The topological polar surface area (TPSA) is 113 Å². The molecule has 0 bridgehead atoms. The third kappa shape index (κ3) is 3.94. The molecule has 0 fully saturated rings. The number of thiophene rings is 2. The molecular formula is C22H15N5OS3. The Labute approximate surface area is 191 Å². The third-order valence-electron chi connectivity index (χ3n) is 4.96. The lowest BCUT2D eigenvalue weighted by Crippen LogP contribution is -2.14. The average molecular weight is 462 g/mol. The maximum absolute atomic E-state index is 12.6. The van der Waals surface area contributed by atoms with Crippen molar-refractivity contribution in [1.82, 2.24) is 4.98 Å². The summed E-state index contributed by atoms with van der Waals surface area (Å²) >= 11 is 4.08. The van der Waals surface area contributed by atoms with Crippen LogP contribution in [-0.4, -0.2) is 16.6 Å². The summed E-state index contributed by atoms with van der Waals surface area (Å²) in [4.78, 5) is 19.0. The highest BCUT2D eigenvalue weighted by atomic mass is 32.2. The molecule has 1 amide bonds. The first kappa shape index (κ1) is 21.1. The second kappa shape index (κ2) is 8.91. The highest BCUT2D eigenvalue weighted by Gasteiger charge is 2.24. The van der Waals surface area contributed by atoms with E-state index in [2.05, 4.69) is 28.5 Å². The van der Waals surface area contributed by atoms with Gasteiger partial charge in [0.1, 0.15) is 28.2 Å². The predicted octanol–water partition coefficient (Wildman–Crippen LogP) is 5.01. The van der Waals surface area contributed by atoms with Gasteiger partial charge in [0.15, 0.2) is 0 Å². The Morgan fingerprint density at radius 1 is 1.19 bits per heavy atom. The number of nitrogens with one attached hydrogen (secondary N) is 1. The lowest BCUT2D eigenvalue weighted by molar-refractivity contribution is -0.113. The van der Waals surface area contributed by atoms with E-state index < -0.39 is 0 Å². The minimum absolute atomic E-state index is 0.0460. The molecule has 1 N–H and O–H groups in total. The normalized spacial score (nSPS) is 11.9. The molecule has 9 heteroatoms. The lowest BCUT2D eigenvalue weighted by atomic mass is 10.0. The molecule has 1 aliphatic carbocycles. The Morgan fingerprint density at radius 3 is 2.65 bits per heavy atom. The summed E-state index contributed by atoms with van der Waals surface area (Å²) in [6.07, 6.45) is 2.88. The quantitative estimate of drug-likeness (QED) is 0.534. The molecule has 31 heavy (non-hydrogen) atoms. The fraction of sp³-hybridized carbons (Fsp3) is 0.227. The Kier molecular flexibility index (Phi) is 6.06. The number of rotatable bonds is 5. The van der Waals surface area contributed by atoms with Gasteiger partial charge in [0.05, 0.1) is 28.1 Å². The number of hydrogen-bond donors (Lipinski definition) is 1. The van der Waals surface area contributed by atoms with Gasteiger partial charge in [-0.25, -0.2) is 4.98 Å². The third-order valence-corrected chi connectivity index (χ3v) is 8.03. The molecule has 3 aromatic heterocycles. The number of anilines is 1. The van der Waals surface area contributed by atoms with Crippen molar-refractivity contribution in [3.8, 4) is 28.6 Å². The number of fused-ring (bicyclic) bond motifs is 1. The Morgan fingerprint density at radius 2 is 1.97 bits per heavy atom. The predicted molar refractivity (Wildman–Crippen MR) is 122 cm³/mol. The van der Waals surface area contributed by atoms with Crippen LogP contribution < -0.4 is 5.32 Å². The smallest absolute Gasteiger partial charge is 0.235 e. The molecule has 6 nitrogen and oxygen atoms in total. The summed E-state index contributed by atoms with van der Waals surface area (Å²) in [5.74, 6) is -0.212. The summed E-state index contributed by atoms with van der Waals surface area (Å²) in [6, 6.07) is 10.3. The van der Waals surface area contributed by atoms with Crippen LogP contribution in [0, 0.1) is 40.9 Å². The summed E-state index contributed by atoms with van der Waals surface area (Å²) in [5, 5.41) is 34.7. The highest BCUT2D eigenvalue weighted by molar-refractivity contribution is 8.00. The number of pyridine rings is 1. The summed E-state index contributed by atoms with van der Waals surface area (Å²) in [7, 11) is 0. The summed E-state index contributed by atoms with van der Waals surface area (Å²) < 4.78 is 0. The largest absolute Gasteiger partial charge is 0.316 e. The first-order valence-corrected chi connectivity index (χ1v) is 12.1. The molecule has 3 aromatic rings. The molecule has 0 spiro atoms. The van der Waals surface area contributed by atoms with Crippen molar-refractivity contribution in [3.63, 3.8) is 0 Å². The van der Waals surface area contributed by atoms with Crippen LogP contribution in [-0.2, 0) is 17.6 Å². The van der Waals surface area contributed by atoms with E-state index in [1.54, 1.807) is 6.92 Å². The van der Waals surface area contributed by atoms with Gasteiger partial charge in [0.25, 0.3) is 0 Å². The van der Waals surface area contributed by atoms with E-state index in [4.69, 9.17) is 0 Å². The van der Waals surface area contributed by atoms with Gasteiger partial charge in [-0.1, -0.05) is 17.8 Å². The zero-order chi connectivity index (χ0) is 22.0. The molecule has 0 aliphatic heterocycles. The van der Waals surface area contributed by atoms with Gasteiger partial charge in [0.2, 0.25) is 5.91 Å². The minimum atomic E-state index is -0.258. The van der Waals surface area contributed by atoms with Crippen molar-refractivity contribution < 1.29 is 4.79 Å². The minimum Gasteiger partial charge on any atom is -0.316 e. The van der Waals surface area contributed by atoms with Gasteiger partial charge in [-0.15, -0.1) is 22.7 Å². The number of thioether (sulfide) groups is 1. The highest BCUT2D eigenvalue weighted by Crippen LogP contribution is 2.39. The van der Waals surface area contributed by atoms with Crippen LogP contribution in [0.25, 0.3) is 10.4 Å². The van der Waals surface area contributed by atoms with Crippen molar-refractivity contribution in [2.45, 2.75) is 31.2 Å². The van der Waals surface area contributed by atoms with Gasteiger partial charge in [-0.3, -0.25) is 4.79 Å². The molecule has 0 unspecified atom stereocenters. The van der Waals surface area contributed by atoms with Crippen molar-refractivity contribution in [3.05, 3.63) is 50.3 Å². The molecule has 0 saturated heterocycles. The van der Waals surface area contributed by atoms with E-state index in [0.29, 0.717) is 38.0 Å². The number of aryl methyl sites for hydroxylation is 2. The second-order valence-electron chi connectivity index (χ2n) is 6.84. The standard InChI is InChI=1S/C22H15N5OS3/c1-12-14(8-23)20(18-6-3-7-29-18)16(10-25)21(26-12)30-11-19(28)27-22-15(9-24)13-4-2-5-17(13)31-22/h3,6-7H,2,4-5,11H2,1H3,(H,27,28). The molecule has 3 heterocycles. The van der Waals surface area contributed by atoms with E-state index in [9.17, 15) is 20.6 Å². The van der Waals surface area contributed by atoms with E-state index in [1.165, 1.54) is 27.6 Å². The van der Waals surface area contributed by atoms with Gasteiger partial charge in [-0.2, -0.15) is 15.8 Å². The SMILES string of the molecule is Cc1nc(SCC(=O)Nc2sc3c(c2C#N)CCC3)c(C#N)c(-c2cccs2)c1C#N. The maximum Gasteiger partial charge on any atom is 0.235 e. The van der Waals surface area contributed by atoms with Crippen LogP contribution in [0.1, 0.15) is 39.2 Å². The van der Waals surface area contributed by atoms with Gasteiger partial charge < -0.3 is 5.32 Å². The van der Waals surface area contributed by atoms with Crippen molar-refractivity contribution in [1.29, 1.82) is 15.8 Å². The van der Waals surface area contributed by atoms with E-state index in [-0.39, 0.29) is 11.7 Å². The monoisotopic (exact) mass is 461 g/mol. The number of carbonyl (C=O) groups is 1. The fourth-order valence-corrected chi connectivity index (χ4v) is 6.47. The number of hydrogen-bond acceptors (Lipinski definition) is 8. The number of aromatic nitrogens is 1. The fourth-order valence-electron chi connectivity index (χ4n) is 3.60. The second-order valence-corrected chi connectivity index (χ2v) is 9.86. The van der Waals surface area contributed by atoms with Gasteiger partial charge in [0, 0.05) is 15.3 Å². The Balaban J connectivity index is 1.58. The van der Waals surface area contributed by atoms with Crippen LogP contribution in [0.5, 0.6) is 0 Å². The first-order valence-electron chi connectivity index (χ1n) is 9.43. The molecule has 1 aliphatic rings. The van der Waals surface area contributed by atoms with E-state index >= 15 is 0 Å². The first-order chi connectivity index (χ1) is 15.1. The molecular weight excluding hydrogens is 446 g/mol. The van der Waals surface area contributed by atoms with Crippen LogP contribution in [0.2, 0.25) is 0 Å². The molecule has 0 aromatic carbocycles. The maximum atomic E-state index is 12.6. The lowest BCUT2D eigenvalue weighted by Gasteiger charge is -2.12. The number of nitrogens with zero attached hydrogens (tertiary/aromatic N) is 4. The molecule has 4 rings (SSSR count). The van der Waals surface area contributed by atoms with E-state index in [1.807, 2.05) is 17.5 Å². The zero-order valence-electron chi connectivity index (χ0n) is 16.5. The van der Waals surface area contributed by atoms with Crippen molar-refractivity contribution in [2.24, 2.45) is 0 Å².